The lowest BCUT2D eigenvalue weighted by molar-refractivity contribution is 0.417. The molecule has 0 spiro atoms. The summed E-state index contributed by atoms with van der Waals surface area (Å²) in [6, 6.07) is 9.86. The summed E-state index contributed by atoms with van der Waals surface area (Å²) in [5.41, 5.74) is 2.71. The van der Waals surface area contributed by atoms with E-state index in [1.165, 1.54) is 24.0 Å². The second-order valence-corrected chi connectivity index (χ2v) is 5.67. The zero-order chi connectivity index (χ0) is 12.8. The smallest absolute Gasteiger partial charge is 0.0294 e. The fourth-order valence-corrected chi connectivity index (χ4v) is 2.04. The minimum absolute atomic E-state index is 0.442. The molecular formula is C16H27N. The van der Waals surface area contributed by atoms with Crippen LogP contribution in [-0.2, 0) is 0 Å². The Morgan fingerprint density at radius 3 is 2.06 bits per heavy atom. The Morgan fingerprint density at radius 1 is 0.941 bits per heavy atom. The molecular weight excluding hydrogens is 206 g/mol. The fraction of sp³-hybridized carbons (Fsp3) is 0.625. The molecule has 1 rings (SSSR count). The number of rotatable bonds is 6. The highest BCUT2D eigenvalue weighted by Crippen LogP contribution is 2.15. The second kappa shape index (κ2) is 6.80. The third kappa shape index (κ3) is 5.36. The van der Waals surface area contributed by atoms with Crippen LogP contribution in [0.2, 0.25) is 0 Å². The van der Waals surface area contributed by atoms with Crippen molar-refractivity contribution in [1.29, 1.82) is 0 Å². The number of hydrogen-bond donors (Lipinski definition) is 1. The van der Waals surface area contributed by atoms with Crippen LogP contribution in [0.5, 0.6) is 0 Å². The standard InChI is InChI=1S/C16H27N/c1-12(2)6-9-14(4)17-15(5)16-10-7-13(3)8-11-16/h7-8,10-12,14-15,17H,6,9H2,1-5H3/t14?,15-/m0/s1. The molecule has 1 heteroatoms. The predicted molar refractivity (Wildman–Crippen MR) is 76.3 cm³/mol. The van der Waals surface area contributed by atoms with Crippen molar-refractivity contribution in [2.75, 3.05) is 0 Å². The van der Waals surface area contributed by atoms with Crippen LogP contribution in [0, 0.1) is 12.8 Å². The first kappa shape index (κ1) is 14.2. The molecule has 1 unspecified atom stereocenters. The average molecular weight is 233 g/mol. The van der Waals surface area contributed by atoms with E-state index < -0.39 is 0 Å². The Hall–Kier alpha value is -0.820. The first-order chi connectivity index (χ1) is 7.99. The Kier molecular flexibility index (Phi) is 5.70. The molecule has 0 fully saturated rings. The van der Waals surface area contributed by atoms with Gasteiger partial charge in [-0.25, -0.2) is 0 Å². The monoisotopic (exact) mass is 233 g/mol. The average Bonchev–Trinajstić information content (AvgIpc) is 2.27. The van der Waals surface area contributed by atoms with Crippen LogP contribution in [0.25, 0.3) is 0 Å². The summed E-state index contributed by atoms with van der Waals surface area (Å²) >= 11 is 0. The van der Waals surface area contributed by atoms with Crippen LogP contribution in [-0.4, -0.2) is 6.04 Å². The second-order valence-electron chi connectivity index (χ2n) is 5.67. The van der Waals surface area contributed by atoms with Gasteiger partial charge < -0.3 is 5.32 Å². The van der Waals surface area contributed by atoms with Gasteiger partial charge in [0, 0.05) is 12.1 Å². The third-order valence-corrected chi connectivity index (χ3v) is 3.29. The van der Waals surface area contributed by atoms with Gasteiger partial charge in [0.05, 0.1) is 0 Å². The number of hydrogen-bond acceptors (Lipinski definition) is 1. The summed E-state index contributed by atoms with van der Waals surface area (Å²) in [5, 5.41) is 3.67. The van der Waals surface area contributed by atoms with E-state index in [2.05, 4.69) is 64.2 Å². The van der Waals surface area contributed by atoms with Gasteiger partial charge in [0.1, 0.15) is 0 Å². The van der Waals surface area contributed by atoms with Crippen molar-refractivity contribution in [1.82, 2.24) is 5.32 Å². The molecule has 1 aromatic carbocycles. The van der Waals surface area contributed by atoms with E-state index in [1.807, 2.05) is 0 Å². The quantitative estimate of drug-likeness (QED) is 0.764. The van der Waals surface area contributed by atoms with E-state index in [0.29, 0.717) is 12.1 Å². The van der Waals surface area contributed by atoms with Crippen LogP contribution in [0.3, 0.4) is 0 Å². The van der Waals surface area contributed by atoms with Crippen molar-refractivity contribution in [3.8, 4) is 0 Å². The van der Waals surface area contributed by atoms with Gasteiger partial charge in [0.2, 0.25) is 0 Å². The number of benzene rings is 1. The Bertz CT molecular complexity index is 313. The van der Waals surface area contributed by atoms with Crippen LogP contribution >= 0.6 is 0 Å². The van der Waals surface area contributed by atoms with Gasteiger partial charge in [0.15, 0.2) is 0 Å². The van der Waals surface area contributed by atoms with Crippen LogP contribution < -0.4 is 5.32 Å². The lowest BCUT2D eigenvalue weighted by Gasteiger charge is -2.21. The molecule has 0 saturated carbocycles. The van der Waals surface area contributed by atoms with E-state index in [-0.39, 0.29) is 0 Å². The molecule has 0 aliphatic heterocycles. The van der Waals surface area contributed by atoms with Crippen molar-refractivity contribution < 1.29 is 0 Å². The van der Waals surface area contributed by atoms with Gasteiger partial charge in [-0.2, -0.15) is 0 Å². The lowest BCUT2D eigenvalue weighted by atomic mass is 10.0. The van der Waals surface area contributed by atoms with Crippen molar-refractivity contribution in [2.24, 2.45) is 5.92 Å². The SMILES string of the molecule is Cc1ccc([C@H](C)NC(C)CCC(C)C)cc1. The molecule has 0 amide bonds. The molecule has 1 aromatic rings. The van der Waals surface area contributed by atoms with Crippen molar-refractivity contribution in [2.45, 2.75) is 59.5 Å². The Morgan fingerprint density at radius 2 is 1.53 bits per heavy atom. The van der Waals surface area contributed by atoms with E-state index in [9.17, 15) is 0 Å². The minimum Gasteiger partial charge on any atom is -0.308 e. The molecule has 17 heavy (non-hydrogen) atoms. The summed E-state index contributed by atoms with van der Waals surface area (Å²) in [7, 11) is 0. The highest BCUT2D eigenvalue weighted by molar-refractivity contribution is 5.23. The molecule has 0 radical (unpaired) electrons. The molecule has 0 aliphatic rings. The summed E-state index contributed by atoms with van der Waals surface area (Å²) in [6.07, 6.45) is 2.56. The first-order valence-corrected chi connectivity index (χ1v) is 6.81. The van der Waals surface area contributed by atoms with Gasteiger partial charge >= 0.3 is 0 Å². The molecule has 1 N–H and O–H groups in total. The molecule has 0 saturated heterocycles. The maximum atomic E-state index is 3.67. The van der Waals surface area contributed by atoms with E-state index in [1.54, 1.807) is 0 Å². The maximum absolute atomic E-state index is 3.67. The van der Waals surface area contributed by atoms with Crippen molar-refractivity contribution in [3.63, 3.8) is 0 Å². The van der Waals surface area contributed by atoms with Gasteiger partial charge in [-0.15, -0.1) is 0 Å². The molecule has 0 heterocycles. The van der Waals surface area contributed by atoms with Crippen molar-refractivity contribution in [3.05, 3.63) is 35.4 Å². The van der Waals surface area contributed by atoms with Crippen molar-refractivity contribution >= 4 is 0 Å². The third-order valence-electron chi connectivity index (χ3n) is 3.29. The molecule has 96 valence electrons. The van der Waals surface area contributed by atoms with Gasteiger partial charge in [-0.1, -0.05) is 43.7 Å². The van der Waals surface area contributed by atoms with Crippen LogP contribution in [0.4, 0.5) is 0 Å². The Labute approximate surface area is 107 Å². The lowest BCUT2D eigenvalue weighted by Crippen LogP contribution is -2.29. The molecule has 1 nitrogen and oxygen atoms in total. The van der Waals surface area contributed by atoms with Gasteiger partial charge in [-0.05, 0) is 45.1 Å². The predicted octanol–water partition coefficient (Wildman–Crippen LogP) is 4.47. The highest BCUT2D eigenvalue weighted by atomic mass is 14.9. The Balaban J connectivity index is 2.42. The summed E-state index contributed by atoms with van der Waals surface area (Å²) in [5.74, 6) is 0.800. The normalized spacial score (nSPS) is 14.9. The van der Waals surface area contributed by atoms with E-state index >= 15 is 0 Å². The van der Waals surface area contributed by atoms with Crippen LogP contribution in [0.15, 0.2) is 24.3 Å². The molecule has 0 aromatic heterocycles. The fourth-order valence-electron chi connectivity index (χ4n) is 2.04. The number of nitrogens with one attached hydrogen (secondary N) is 1. The van der Waals surface area contributed by atoms with Gasteiger partial charge in [0.25, 0.3) is 0 Å². The summed E-state index contributed by atoms with van der Waals surface area (Å²) < 4.78 is 0. The topological polar surface area (TPSA) is 12.0 Å². The summed E-state index contributed by atoms with van der Waals surface area (Å²) in [6.45, 7) is 11.2. The molecule has 0 aliphatic carbocycles. The highest BCUT2D eigenvalue weighted by Gasteiger charge is 2.09. The minimum atomic E-state index is 0.442. The largest absolute Gasteiger partial charge is 0.308 e. The maximum Gasteiger partial charge on any atom is 0.0294 e. The zero-order valence-electron chi connectivity index (χ0n) is 12.0. The van der Waals surface area contributed by atoms with E-state index in [4.69, 9.17) is 0 Å². The first-order valence-electron chi connectivity index (χ1n) is 6.81. The summed E-state index contributed by atoms with van der Waals surface area (Å²) in [4.78, 5) is 0. The molecule has 2 atom stereocenters. The van der Waals surface area contributed by atoms with Crippen LogP contribution in [0.1, 0.15) is 57.7 Å². The number of aryl methyl sites for hydroxylation is 1. The zero-order valence-corrected chi connectivity index (χ0v) is 12.0. The molecule has 0 bridgehead atoms. The van der Waals surface area contributed by atoms with E-state index in [0.717, 1.165) is 5.92 Å². The van der Waals surface area contributed by atoms with Gasteiger partial charge in [-0.3, -0.25) is 0 Å².